The molecule has 0 bridgehead atoms. The summed E-state index contributed by atoms with van der Waals surface area (Å²) in [7, 11) is -2.15. The second-order valence-corrected chi connectivity index (χ2v) is 21.6. The van der Waals surface area contributed by atoms with Crippen molar-refractivity contribution in [2.75, 3.05) is 19.8 Å². The molecule has 0 aliphatic carbocycles. The molecule has 3 atom stereocenters. The van der Waals surface area contributed by atoms with Crippen molar-refractivity contribution >= 4 is 25.8 Å². The van der Waals surface area contributed by atoms with E-state index in [9.17, 15) is 9.59 Å². The first-order valence-electron chi connectivity index (χ1n) is 21.8. The lowest BCUT2D eigenvalue weighted by molar-refractivity contribution is -0.244. The van der Waals surface area contributed by atoms with E-state index in [-0.39, 0.29) is 29.0 Å². The average Bonchev–Trinajstić information content (AvgIpc) is 3.24. The largest absolute Gasteiger partial charge is 0.543 e. The van der Waals surface area contributed by atoms with Crippen LogP contribution in [0.1, 0.15) is 120 Å². The van der Waals surface area contributed by atoms with Crippen LogP contribution in [-0.2, 0) is 35.1 Å². The number of carbonyl (C=O) groups excluding carboxylic acids is 2. The molecule has 61 heavy (non-hydrogen) atoms. The molecule has 0 spiro atoms. The highest BCUT2D eigenvalue weighted by Crippen LogP contribution is 2.45. The van der Waals surface area contributed by atoms with Gasteiger partial charge in [-0.2, -0.15) is 0 Å². The monoisotopic (exact) mass is 847 g/mol. The molecule has 1 aromatic heterocycles. The van der Waals surface area contributed by atoms with Crippen LogP contribution >= 0.6 is 0 Å². The lowest BCUT2D eigenvalue weighted by atomic mass is 9.91. The third-order valence-electron chi connectivity index (χ3n) is 11.2. The number of hydrogen-bond acceptors (Lipinski definition) is 9. The molecule has 0 unspecified atom stereocenters. The van der Waals surface area contributed by atoms with Crippen molar-refractivity contribution in [3.05, 3.63) is 143 Å². The van der Waals surface area contributed by atoms with E-state index < -0.39 is 14.6 Å². The lowest BCUT2D eigenvalue weighted by Gasteiger charge is -2.40. The Hall–Kier alpha value is -5.03. The number of pyridine rings is 1. The molecule has 4 aromatic rings. The van der Waals surface area contributed by atoms with Crippen molar-refractivity contribution in [1.29, 1.82) is 0 Å². The molecule has 5 rings (SSSR count). The van der Waals surface area contributed by atoms with Crippen molar-refractivity contribution in [2.24, 2.45) is 5.92 Å². The highest BCUT2D eigenvalue weighted by molar-refractivity contribution is 6.74. The van der Waals surface area contributed by atoms with Gasteiger partial charge in [-0.3, -0.25) is 14.6 Å². The number of allylic oxidation sites excluding steroid dienone is 3. The number of carbonyl (C=O) groups is 2. The Morgan fingerprint density at radius 3 is 2.30 bits per heavy atom. The third-order valence-corrected chi connectivity index (χ3v) is 15.6. The minimum Gasteiger partial charge on any atom is -0.543 e. The lowest BCUT2D eigenvalue weighted by Crippen LogP contribution is -2.44. The van der Waals surface area contributed by atoms with Crippen molar-refractivity contribution in [3.63, 3.8) is 0 Å². The summed E-state index contributed by atoms with van der Waals surface area (Å²) in [5.41, 5.74) is 6.10. The van der Waals surface area contributed by atoms with Crippen LogP contribution in [0, 0.1) is 5.92 Å². The summed E-state index contributed by atoms with van der Waals surface area (Å²) in [5, 5.41) is 0.0303. The zero-order valence-electron chi connectivity index (χ0n) is 37.2. The highest BCUT2D eigenvalue weighted by Gasteiger charge is 2.41. The molecule has 0 saturated carbocycles. The second kappa shape index (κ2) is 23.3. The molecule has 0 radical (unpaired) electrons. The summed E-state index contributed by atoms with van der Waals surface area (Å²) in [6.07, 6.45) is 13.8. The summed E-state index contributed by atoms with van der Waals surface area (Å²) < 4.78 is 36.7. The first kappa shape index (κ1) is 47.0. The Bertz CT molecular complexity index is 2040. The minimum atomic E-state index is -2.15. The Morgan fingerprint density at radius 1 is 0.836 bits per heavy atom. The number of ether oxygens (including phenoxy) is 5. The van der Waals surface area contributed by atoms with Crippen LogP contribution in [0.2, 0.25) is 18.1 Å². The Labute approximate surface area is 364 Å². The van der Waals surface area contributed by atoms with Gasteiger partial charge < -0.3 is 28.1 Å². The number of aromatic nitrogens is 1. The number of hydrogen-bond donors (Lipinski definition) is 0. The zero-order chi connectivity index (χ0) is 43.7. The smallest absolute Gasteiger partial charge is 0.306 e. The van der Waals surface area contributed by atoms with Gasteiger partial charge >= 0.3 is 11.9 Å². The summed E-state index contributed by atoms with van der Waals surface area (Å²) in [4.78, 5) is 28.0. The van der Waals surface area contributed by atoms with Gasteiger partial charge in [-0.1, -0.05) is 99.7 Å². The molecule has 0 amide bonds. The van der Waals surface area contributed by atoms with Gasteiger partial charge in [0.25, 0.3) is 0 Å². The maximum atomic E-state index is 11.9. The quantitative estimate of drug-likeness (QED) is 0.0351. The standard InChI is InChI=1S/C51H65NO8Si/c1-8-55-47(53)27-14-10-12-20-42-37-58-50(59-49(42)45-25-16-17-26-46(45)60-61(6,7)51(3,4)5)39-31-29-38(30-32-39)36-57-43-23-18-21-40(34-43)44(41-22-19-33-52-35-41)24-13-11-15-28-48(54)56-9-2/h10,12,16-19,21-26,29-35,42,49-50H,8-9,11,13-15,20,27-28,36-37H2,1-7H3/b12-10-,44-24+/t42-,49+,50+/m1/s1. The molecule has 1 aliphatic rings. The van der Waals surface area contributed by atoms with E-state index in [1.807, 2.05) is 56.5 Å². The molecule has 9 nitrogen and oxygen atoms in total. The van der Waals surface area contributed by atoms with Crippen LogP contribution < -0.4 is 9.16 Å². The van der Waals surface area contributed by atoms with Gasteiger partial charge in [-0.05, 0) is 105 Å². The van der Waals surface area contributed by atoms with Crippen LogP contribution in [0.5, 0.6) is 11.5 Å². The summed E-state index contributed by atoms with van der Waals surface area (Å²) in [6, 6.07) is 28.6. The second-order valence-electron chi connectivity index (χ2n) is 16.9. The van der Waals surface area contributed by atoms with Gasteiger partial charge in [-0.25, -0.2) is 0 Å². The maximum absolute atomic E-state index is 11.9. The Kier molecular flexibility index (Phi) is 17.9. The van der Waals surface area contributed by atoms with Crippen molar-refractivity contribution < 1.29 is 37.7 Å². The number of para-hydroxylation sites is 1. The summed E-state index contributed by atoms with van der Waals surface area (Å²) in [5.74, 6) is 1.33. The van der Waals surface area contributed by atoms with Crippen LogP contribution in [0.25, 0.3) is 5.57 Å². The normalized spacial score (nSPS) is 17.2. The van der Waals surface area contributed by atoms with E-state index in [1.54, 1.807) is 6.20 Å². The SMILES string of the molecule is CCOC(=O)CC/C=C\C[C@@H]1CO[C@H](c2ccc(COc3cccc(/C(=C\CCCCC(=O)OCC)c4cccnc4)c3)cc2)O[C@@H]1c1ccccc1O[Si](C)(C)C(C)(C)C. The Balaban J connectivity index is 1.27. The van der Waals surface area contributed by atoms with Crippen molar-refractivity contribution in [3.8, 4) is 11.5 Å². The van der Waals surface area contributed by atoms with E-state index in [0.717, 1.165) is 70.6 Å². The van der Waals surface area contributed by atoms with E-state index in [4.69, 9.17) is 28.1 Å². The number of unbranched alkanes of at least 4 members (excludes halogenated alkanes) is 2. The minimum absolute atomic E-state index is 0.0303. The number of rotatable bonds is 21. The van der Waals surface area contributed by atoms with Crippen LogP contribution in [0.15, 0.2) is 116 Å². The average molecular weight is 848 g/mol. The van der Waals surface area contributed by atoms with Gasteiger partial charge in [0.1, 0.15) is 18.1 Å². The van der Waals surface area contributed by atoms with Gasteiger partial charge in [0, 0.05) is 47.8 Å². The molecule has 10 heteroatoms. The number of nitrogens with zero attached hydrogens (tertiary/aromatic N) is 1. The van der Waals surface area contributed by atoms with Crippen molar-refractivity contribution in [1.82, 2.24) is 4.98 Å². The molecule has 2 heterocycles. The first-order valence-corrected chi connectivity index (χ1v) is 24.7. The molecule has 326 valence electrons. The van der Waals surface area contributed by atoms with E-state index in [0.29, 0.717) is 45.7 Å². The van der Waals surface area contributed by atoms with Gasteiger partial charge in [0.15, 0.2) is 6.29 Å². The molecule has 3 aromatic carbocycles. The topological polar surface area (TPSA) is 102 Å². The Morgan fingerprint density at radius 2 is 1.57 bits per heavy atom. The van der Waals surface area contributed by atoms with Crippen LogP contribution in [-0.4, -0.2) is 45.1 Å². The maximum Gasteiger partial charge on any atom is 0.306 e. The summed E-state index contributed by atoms with van der Waals surface area (Å²) >= 11 is 0. The van der Waals surface area contributed by atoms with Gasteiger partial charge in [0.2, 0.25) is 8.32 Å². The predicted octanol–water partition coefficient (Wildman–Crippen LogP) is 12.3. The molecule has 0 N–H and O–H groups in total. The van der Waals surface area contributed by atoms with E-state index in [2.05, 4.69) is 106 Å². The van der Waals surface area contributed by atoms with Gasteiger partial charge in [0.05, 0.1) is 25.9 Å². The fourth-order valence-corrected chi connectivity index (χ4v) is 7.89. The fourth-order valence-electron chi connectivity index (χ4n) is 6.84. The molecular formula is C51H65NO8Si. The molecular weight excluding hydrogens is 783 g/mol. The van der Waals surface area contributed by atoms with E-state index >= 15 is 0 Å². The van der Waals surface area contributed by atoms with Crippen molar-refractivity contribution in [2.45, 2.75) is 117 Å². The fraction of sp³-hybridized carbons (Fsp3) is 0.431. The molecule has 1 fully saturated rings. The third kappa shape index (κ3) is 14.3. The summed E-state index contributed by atoms with van der Waals surface area (Å²) in [6.45, 7) is 16.6. The molecule has 1 saturated heterocycles. The van der Waals surface area contributed by atoms with Gasteiger partial charge in [-0.15, -0.1) is 0 Å². The highest BCUT2D eigenvalue weighted by atomic mass is 28.4. The number of benzene rings is 3. The first-order chi connectivity index (χ1) is 29.4. The number of esters is 2. The van der Waals surface area contributed by atoms with Crippen LogP contribution in [0.4, 0.5) is 0 Å². The van der Waals surface area contributed by atoms with E-state index in [1.165, 1.54) is 0 Å². The predicted molar refractivity (Wildman–Crippen MR) is 244 cm³/mol. The van der Waals surface area contributed by atoms with Crippen LogP contribution in [0.3, 0.4) is 0 Å². The zero-order valence-corrected chi connectivity index (χ0v) is 38.2. The molecule has 1 aliphatic heterocycles.